The molecule has 2 aromatic carbocycles. The maximum Gasteiger partial charge on any atom is 0.224 e. The minimum atomic E-state index is -0.0558. The number of nitrogens with zero attached hydrogens (tertiary/aromatic N) is 1. The van der Waals surface area contributed by atoms with Crippen molar-refractivity contribution in [2.24, 2.45) is 10.7 Å². The van der Waals surface area contributed by atoms with E-state index in [9.17, 15) is 4.79 Å². The lowest BCUT2D eigenvalue weighted by Gasteiger charge is -2.07. The summed E-state index contributed by atoms with van der Waals surface area (Å²) < 4.78 is 0. The zero-order valence-electron chi connectivity index (χ0n) is 14.3. The third kappa shape index (κ3) is 6.85. The highest BCUT2D eigenvalue weighted by Gasteiger charge is 2.02. The fourth-order valence-corrected chi connectivity index (χ4v) is 2.38. The number of benzene rings is 2. The van der Waals surface area contributed by atoms with E-state index in [4.69, 9.17) is 17.3 Å². The number of nitrogens with two attached hydrogens (primary N) is 1. The van der Waals surface area contributed by atoms with Gasteiger partial charge in [0.15, 0.2) is 5.96 Å². The molecule has 0 aliphatic rings. The molecule has 0 atom stereocenters. The Morgan fingerprint density at radius 3 is 2.60 bits per heavy atom. The molecule has 1 amide bonds. The monoisotopic (exact) mass is 358 g/mol. The Morgan fingerprint density at radius 2 is 1.88 bits per heavy atom. The van der Waals surface area contributed by atoms with Crippen molar-refractivity contribution >= 4 is 34.8 Å². The molecule has 0 aromatic heterocycles. The molecule has 0 saturated carbocycles. The van der Waals surface area contributed by atoms with Crippen molar-refractivity contribution in [1.29, 1.82) is 0 Å². The van der Waals surface area contributed by atoms with Crippen LogP contribution in [0.1, 0.15) is 25.3 Å². The molecule has 0 radical (unpaired) electrons. The number of nitrogens with one attached hydrogen (secondary N) is 2. The number of guanidine groups is 1. The molecule has 4 N–H and O–H groups in total. The quantitative estimate of drug-likeness (QED) is 0.397. The molecule has 0 bridgehead atoms. The lowest BCUT2D eigenvalue weighted by Crippen LogP contribution is -2.23. The highest BCUT2D eigenvalue weighted by molar-refractivity contribution is 6.30. The topological polar surface area (TPSA) is 79.5 Å². The van der Waals surface area contributed by atoms with Crippen molar-refractivity contribution in [2.75, 3.05) is 17.2 Å². The summed E-state index contributed by atoms with van der Waals surface area (Å²) in [4.78, 5) is 16.1. The largest absolute Gasteiger partial charge is 0.370 e. The van der Waals surface area contributed by atoms with Crippen molar-refractivity contribution in [2.45, 2.75) is 26.2 Å². The van der Waals surface area contributed by atoms with Crippen LogP contribution in [0.25, 0.3) is 0 Å². The van der Waals surface area contributed by atoms with Crippen LogP contribution >= 0.6 is 11.6 Å². The number of anilines is 2. The molecule has 25 heavy (non-hydrogen) atoms. The number of rotatable bonds is 7. The van der Waals surface area contributed by atoms with E-state index in [1.807, 2.05) is 18.2 Å². The van der Waals surface area contributed by atoms with E-state index in [-0.39, 0.29) is 5.91 Å². The van der Waals surface area contributed by atoms with Crippen LogP contribution in [-0.2, 0) is 11.2 Å². The minimum absolute atomic E-state index is 0.0558. The summed E-state index contributed by atoms with van der Waals surface area (Å²) in [6.07, 6.45) is 1.97. The third-order valence-electron chi connectivity index (χ3n) is 3.58. The minimum Gasteiger partial charge on any atom is -0.370 e. The van der Waals surface area contributed by atoms with Crippen LogP contribution in [0, 0.1) is 0 Å². The maximum atomic E-state index is 11.9. The van der Waals surface area contributed by atoms with Gasteiger partial charge in [-0.05, 0) is 54.8 Å². The second kappa shape index (κ2) is 9.69. The Labute approximate surface area is 153 Å². The van der Waals surface area contributed by atoms with Gasteiger partial charge in [-0.3, -0.25) is 9.79 Å². The summed E-state index contributed by atoms with van der Waals surface area (Å²) in [5, 5.41) is 6.52. The zero-order chi connectivity index (χ0) is 18.1. The Balaban J connectivity index is 1.72. The first-order valence-corrected chi connectivity index (χ1v) is 8.66. The molecule has 0 spiro atoms. The Morgan fingerprint density at radius 1 is 1.12 bits per heavy atom. The highest BCUT2D eigenvalue weighted by Crippen LogP contribution is 2.14. The van der Waals surface area contributed by atoms with E-state index in [1.165, 1.54) is 5.56 Å². The number of hydrogen-bond acceptors (Lipinski definition) is 2. The maximum absolute atomic E-state index is 11.9. The van der Waals surface area contributed by atoms with Gasteiger partial charge in [-0.1, -0.05) is 30.7 Å². The van der Waals surface area contributed by atoms with E-state index in [0.717, 1.165) is 17.8 Å². The van der Waals surface area contributed by atoms with Gasteiger partial charge in [0, 0.05) is 29.4 Å². The molecule has 2 aromatic rings. The van der Waals surface area contributed by atoms with Crippen LogP contribution in [0.15, 0.2) is 53.5 Å². The molecule has 0 fully saturated rings. The Hall–Kier alpha value is -2.53. The molecule has 0 aliphatic heterocycles. The Bertz CT molecular complexity index is 728. The van der Waals surface area contributed by atoms with Crippen molar-refractivity contribution in [1.82, 2.24) is 0 Å². The van der Waals surface area contributed by atoms with Crippen LogP contribution < -0.4 is 16.4 Å². The van der Waals surface area contributed by atoms with E-state index >= 15 is 0 Å². The first-order valence-electron chi connectivity index (χ1n) is 8.28. The molecular weight excluding hydrogens is 336 g/mol. The van der Waals surface area contributed by atoms with Gasteiger partial charge in [0.05, 0.1) is 0 Å². The smallest absolute Gasteiger partial charge is 0.224 e. The number of carbonyl (C=O) groups is 1. The van der Waals surface area contributed by atoms with Gasteiger partial charge in [-0.15, -0.1) is 0 Å². The van der Waals surface area contributed by atoms with Gasteiger partial charge in [-0.2, -0.15) is 0 Å². The molecule has 0 unspecified atom stereocenters. The molecular formula is C19H23ClN4O. The van der Waals surface area contributed by atoms with Crippen LogP contribution in [0.4, 0.5) is 11.4 Å². The van der Waals surface area contributed by atoms with Gasteiger partial charge in [-0.25, -0.2) is 0 Å². The molecule has 132 valence electrons. The number of amides is 1. The zero-order valence-corrected chi connectivity index (χ0v) is 15.0. The van der Waals surface area contributed by atoms with Crippen LogP contribution in [-0.4, -0.2) is 18.4 Å². The summed E-state index contributed by atoms with van der Waals surface area (Å²) in [7, 11) is 0. The van der Waals surface area contributed by atoms with Crippen molar-refractivity contribution in [3.05, 3.63) is 59.1 Å². The van der Waals surface area contributed by atoms with E-state index < -0.39 is 0 Å². The van der Waals surface area contributed by atoms with Gasteiger partial charge >= 0.3 is 0 Å². The predicted molar refractivity (Wildman–Crippen MR) is 105 cm³/mol. The van der Waals surface area contributed by atoms with Crippen molar-refractivity contribution in [3.63, 3.8) is 0 Å². The average Bonchev–Trinajstić information content (AvgIpc) is 2.61. The first-order chi connectivity index (χ1) is 12.1. The standard InChI is InChI=1S/C19H23ClN4O/c1-2-14-5-3-6-17(13-14)24-19(21)22-12-4-7-18(25)23-16-10-8-15(20)9-11-16/h3,5-6,8-11,13H,2,4,7,12H2,1H3,(H,23,25)(H3,21,22,24). The number of halogens is 1. The predicted octanol–water partition coefficient (Wildman–Crippen LogP) is 4.05. The lowest BCUT2D eigenvalue weighted by atomic mass is 10.1. The van der Waals surface area contributed by atoms with Crippen molar-refractivity contribution < 1.29 is 4.79 Å². The third-order valence-corrected chi connectivity index (χ3v) is 3.83. The van der Waals surface area contributed by atoms with E-state index in [1.54, 1.807) is 24.3 Å². The highest BCUT2D eigenvalue weighted by atomic mass is 35.5. The summed E-state index contributed by atoms with van der Waals surface area (Å²) in [6.45, 7) is 2.59. The first kappa shape index (κ1) is 18.8. The fraction of sp³-hybridized carbons (Fsp3) is 0.263. The number of aliphatic imine (C=N–C) groups is 1. The van der Waals surface area contributed by atoms with E-state index in [0.29, 0.717) is 30.4 Å². The second-order valence-electron chi connectivity index (χ2n) is 5.60. The summed E-state index contributed by atoms with van der Waals surface area (Å²) >= 11 is 5.81. The number of aryl methyl sites for hydroxylation is 1. The molecule has 0 aliphatic carbocycles. The van der Waals surface area contributed by atoms with Gasteiger partial charge in [0.25, 0.3) is 0 Å². The normalized spacial score (nSPS) is 11.2. The SMILES string of the molecule is CCc1cccc(NC(N)=NCCCC(=O)Nc2ccc(Cl)cc2)c1. The van der Waals surface area contributed by atoms with Crippen molar-refractivity contribution in [3.8, 4) is 0 Å². The second-order valence-corrected chi connectivity index (χ2v) is 6.04. The summed E-state index contributed by atoms with van der Waals surface area (Å²) in [6, 6.07) is 15.1. The molecule has 0 saturated heterocycles. The molecule has 2 rings (SSSR count). The summed E-state index contributed by atoms with van der Waals surface area (Å²) in [5.74, 6) is 0.297. The number of carbonyl (C=O) groups excluding carboxylic acids is 1. The average molecular weight is 359 g/mol. The fourth-order valence-electron chi connectivity index (χ4n) is 2.25. The molecule has 5 nitrogen and oxygen atoms in total. The van der Waals surface area contributed by atoms with Gasteiger partial charge in [0.2, 0.25) is 5.91 Å². The molecule has 6 heteroatoms. The number of hydrogen-bond donors (Lipinski definition) is 3. The van der Waals surface area contributed by atoms with Gasteiger partial charge < -0.3 is 16.4 Å². The van der Waals surface area contributed by atoms with Crippen LogP contribution in [0.5, 0.6) is 0 Å². The Kier molecular flexibility index (Phi) is 7.29. The van der Waals surface area contributed by atoms with E-state index in [2.05, 4.69) is 28.6 Å². The van der Waals surface area contributed by atoms with Crippen LogP contribution in [0.3, 0.4) is 0 Å². The molecule has 0 heterocycles. The summed E-state index contributed by atoms with van der Waals surface area (Å²) in [5.41, 5.74) is 8.76. The van der Waals surface area contributed by atoms with Gasteiger partial charge in [0.1, 0.15) is 0 Å². The van der Waals surface area contributed by atoms with Crippen LogP contribution in [0.2, 0.25) is 5.02 Å². The lowest BCUT2D eigenvalue weighted by molar-refractivity contribution is -0.116.